The van der Waals surface area contributed by atoms with Crippen LogP contribution in [0.1, 0.15) is 40.7 Å². The number of carbonyl (C=O) groups is 1. The number of amides is 1. The number of pyridine rings is 1. The number of anilines is 2. The third-order valence-electron chi connectivity index (χ3n) is 4.81. The van der Waals surface area contributed by atoms with Gasteiger partial charge in [-0.25, -0.2) is 4.98 Å². The zero-order valence-corrected chi connectivity index (χ0v) is 14.5. The smallest absolute Gasteiger partial charge is 0.258 e. The number of nitrogens with zero attached hydrogens (tertiary/aromatic N) is 1. The lowest BCUT2D eigenvalue weighted by atomic mass is 9.89. The van der Waals surface area contributed by atoms with Crippen LogP contribution in [-0.4, -0.2) is 17.4 Å². The van der Waals surface area contributed by atoms with Crippen molar-refractivity contribution >= 4 is 28.3 Å². The van der Waals surface area contributed by atoms with Gasteiger partial charge in [0.2, 0.25) is 0 Å². The fraction of sp³-hybridized carbons (Fsp3) is 0.238. The summed E-state index contributed by atoms with van der Waals surface area (Å²) in [7, 11) is 0. The van der Waals surface area contributed by atoms with E-state index in [4.69, 9.17) is 0 Å². The molecule has 4 rings (SSSR count). The summed E-state index contributed by atoms with van der Waals surface area (Å²) >= 11 is 0. The summed E-state index contributed by atoms with van der Waals surface area (Å²) in [5, 5.41) is 7.42. The average Bonchev–Trinajstić information content (AvgIpc) is 2.62. The normalized spacial score (nSPS) is 16.2. The lowest BCUT2D eigenvalue weighted by molar-refractivity contribution is 0.102. The molecule has 1 aliphatic heterocycles. The average molecular weight is 331 g/mol. The summed E-state index contributed by atoms with van der Waals surface area (Å²) in [6, 6.07) is 15.8. The first-order valence-corrected chi connectivity index (χ1v) is 8.67. The van der Waals surface area contributed by atoms with Gasteiger partial charge in [-0.1, -0.05) is 31.2 Å². The number of carbonyl (C=O) groups excluding carboxylic acids is 1. The molecule has 2 aromatic carbocycles. The van der Waals surface area contributed by atoms with Crippen molar-refractivity contribution in [3.8, 4) is 0 Å². The lowest BCUT2D eigenvalue weighted by Gasteiger charge is -2.26. The summed E-state index contributed by atoms with van der Waals surface area (Å²) in [5.74, 6) is 0.911. The molecule has 1 atom stereocenters. The Kier molecular flexibility index (Phi) is 3.88. The van der Waals surface area contributed by atoms with E-state index < -0.39 is 0 Å². The van der Waals surface area contributed by atoms with Crippen molar-refractivity contribution in [2.45, 2.75) is 26.2 Å². The van der Waals surface area contributed by atoms with Crippen LogP contribution in [0.2, 0.25) is 0 Å². The first-order valence-electron chi connectivity index (χ1n) is 8.67. The van der Waals surface area contributed by atoms with Crippen LogP contribution >= 0.6 is 0 Å². The van der Waals surface area contributed by atoms with Gasteiger partial charge in [0, 0.05) is 11.9 Å². The molecule has 1 aromatic heterocycles. The number of hydrogen-bond acceptors (Lipinski definition) is 3. The maximum atomic E-state index is 12.9. The lowest BCUT2D eigenvalue weighted by Crippen LogP contribution is -2.21. The Bertz CT molecular complexity index is 965. The summed E-state index contributed by atoms with van der Waals surface area (Å²) in [6.07, 6.45) is 1.09. The van der Waals surface area contributed by atoms with Crippen molar-refractivity contribution < 1.29 is 4.79 Å². The molecule has 1 aliphatic rings. The fourth-order valence-corrected chi connectivity index (χ4v) is 3.47. The van der Waals surface area contributed by atoms with E-state index in [2.05, 4.69) is 28.6 Å². The second-order valence-electron chi connectivity index (χ2n) is 6.74. The van der Waals surface area contributed by atoms with Crippen molar-refractivity contribution in [3.63, 3.8) is 0 Å². The first-order chi connectivity index (χ1) is 12.1. The Morgan fingerprint density at radius 1 is 1.20 bits per heavy atom. The maximum absolute atomic E-state index is 12.9. The number of para-hydroxylation sites is 1. The highest BCUT2D eigenvalue weighted by Gasteiger charge is 2.22. The molecule has 0 bridgehead atoms. The Morgan fingerprint density at radius 2 is 2.04 bits per heavy atom. The molecule has 0 fully saturated rings. The minimum absolute atomic E-state index is 0.121. The highest BCUT2D eigenvalue weighted by atomic mass is 16.1. The largest absolute Gasteiger partial charge is 0.384 e. The van der Waals surface area contributed by atoms with Crippen LogP contribution in [0.4, 0.5) is 11.5 Å². The summed E-state index contributed by atoms with van der Waals surface area (Å²) in [6.45, 7) is 5.14. The van der Waals surface area contributed by atoms with Crippen molar-refractivity contribution in [1.82, 2.24) is 4.98 Å². The van der Waals surface area contributed by atoms with E-state index in [0.717, 1.165) is 35.1 Å². The number of hydrogen-bond donors (Lipinski definition) is 2. The molecule has 2 N–H and O–H groups in total. The van der Waals surface area contributed by atoms with Gasteiger partial charge in [0.05, 0.1) is 16.8 Å². The molecule has 4 nitrogen and oxygen atoms in total. The standard InChI is InChI=1S/C21H21N3O/c1-13-11-16-14(2)9-10-22-20(16)17(12-13)21(25)24-19-8-7-15-5-3-4-6-18(15)23-19/h3-8,11-12,14,22H,9-10H2,1-2H3,(H,23,24,25). The van der Waals surface area contributed by atoms with Crippen molar-refractivity contribution in [3.05, 3.63) is 65.2 Å². The second-order valence-corrected chi connectivity index (χ2v) is 6.74. The molecule has 126 valence electrons. The van der Waals surface area contributed by atoms with Gasteiger partial charge in [0.1, 0.15) is 5.82 Å². The minimum atomic E-state index is -0.121. The molecule has 1 unspecified atom stereocenters. The molecular formula is C21H21N3O. The maximum Gasteiger partial charge on any atom is 0.258 e. The summed E-state index contributed by atoms with van der Waals surface area (Å²) in [5.41, 5.74) is 4.85. The quantitative estimate of drug-likeness (QED) is 0.715. The van der Waals surface area contributed by atoms with Gasteiger partial charge in [0.15, 0.2) is 0 Å². The zero-order valence-electron chi connectivity index (χ0n) is 14.5. The van der Waals surface area contributed by atoms with Gasteiger partial charge in [-0.3, -0.25) is 4.79 Å². The van der Waals surface area contributed by atoms with Crippen LogP contribution in [0.3, 0.4) is 0 Å². The van der Waals surface area contributed by atoms with Crippen LogP contribution in [0.5, 0.6) is 0 Å². The van der Waals surface area contributed by atoms with Crippen LogP contribution in [0.25, 0.3) is 10.9 Å². The number of benzene rings is 2. The van der Waals surface area contributed by atoms with E-state index in [1.54, 1.807) is 0 Å². The molecule has 0 saturated carbocycles. The molecule has 0 saturated heterocycles. The predicted molar refractivity (Wildman–Crippen MR) is 102 cm³/mol. The van der Waals surface area contributed by atoms with E-state index in [0.29, 0.717) is 17.3 Å². The van der Waals surface area contributed by atoms with Crippen LogP contribution in [-0.2, 0) is 0 Å². The molecule has 0 spiro atoms. The van der Waals surface area contributed by atoms with Gasteiger partial charge in [-0.05, 0) is 54.7 Å². The van der Waals surface area contributed by atoms with Crippen LogP contribution in [0, 0.1) is 6.92 Å². The highest BCUT2D eigenvalue weighted by molar-refractivity contribution is 6.08. The molecule has 1 amide bonds. The van der Waals surface area contributed by atoms with Gasteiger partial charge in [-0.15, -0.1) is 0 Å². The molecule has 0 aliphatic carbocycles. The highest BCUT2D eigenvalue weighted by Crippen LogP contribution is 2.35. The molecule has 25 heavy (non-hydrogen) atoms. The van der Waals surface area contributed by atoms with Crippen molar-refractivity contribution in [1.29, 1.82) is 0 Å². The van der Waals surface area contributed by atoms with Crippen molar-refractivity contribution in [2.24, 2.45) is 0 Å². The zero-order chi connectivity index (χ0) is 17.4. The number of fused-ring (bicyclic) bond motifs is 2. The Balaban J connectivity index is 1.68. The number of aryl methyl sites for hydroxylation is 1. The van der Waals surface area contributed by atoms with Crippen LogP contribution in [0.15, 0.2) is 48.5 Å². The van der Waals surface area contributed by atoms with E-state index in [1.807, 2.05) is 49.4 Å². The molecule has 3 aromatic rings. The summed E-state index contributed by atoms with van der Waals surface area (Å²) < 4.78 is 0. The third-order valence-corrected chi connectivity index (χ3v) is 4.81. The van der Waals surface area contributed by atoms with Gasteiger partial charge >= 0.3 is 0 Å². The predicted octanol–water partition coefficient (Wildman–Crippen LogP) is 4.71. The number of aromatic nitrogens is 1. The fourth-order valence-electron chi connectivity index (χ4n) is 3.47. The molecule has 0 radical (unpaired) electrons. The van der Waals surface area contributed by atoms with Gasteiger partial charge in [0.25, 0.3) is 5.91 Å². The Hall–Kier alpha value is -2.88. The molecular weight excluding hydrogens is 310 g/mol. The first kappa shape index (κ1) is 15.6. The molecule has 2 heterocycles. The van der Waals surface area contributed by atoms with E-state index in [9.17, 15) is 4.79 Å². The second kappa shape index (κ2) is 6.20. The minimum Gasteiger partial charge on any atom is -0.384 e. The number of rotatable bonds is 2. The van der Waals surface area contributed by atoms with E-state index in [1.165, 1.54) is 5.56 Å². The van der Waals surface area contributed by atoms with Crippen molar-refractivity contribution in [2.75, 3.05) is 17.2 Å². The van der Waals surface area contributed by atoms with E-state index >= 15 is 0 Å². The Labute approximate surface area is 147 Å². The summed E-state index contributed by atoms with van der Waals surface area (Å²) in [4.78, 5) is 17.4. The van der Waals surface area contributed by atoms with E-state index in [-0.39, 0.29) is 5.91 Å². The molecule has 4 heteroatoms. The monoisotopic (exact) mass is 331 g/mol. The SMILES string of the molecule is Cc1cc(C(=O)Nc2ccc3ccccc3n2)c2c(c1)C(C)CCN2. The third kappa shape index (κ3) is 2.95. The number of nitrogens with one attached hydrogen (secondary N) is 2. The topological polar surface area (TPSA) is 54.0 Å². The van der Waals surface area contributed by atoms with Crippen LogP contribution < -0.4 is 10.6 Å². The van der Waals surface area contributed by atoms with Gasteiger partial charge < -0.3 is 10.6 Å². The van der Waals surface area contributed by atoms with Gasteiger partial charge in [-0.2, -0.15) is 0 Å². The Morgan fingerprint density at radius 3 is 2.92 bits per heavy atom.